The highest BCUT2D eigenvalue weighted by atomic mass is 32.2. The van der Waals surface area contributed by atoms with E-state index in [-0.39, 0.29) is 16.5 Å². The van der Waals surface area contributed by atoms with Gasteiger partial charge in [-0.2, -0.15) is 4.37 Å². The minimum absolute atomic E-state index is 0.116. The molecule has 0 bridgehead atoms. The van der Waals surface area contributed by atoms with Crippen LogP contribution in [-0.4, -0.2) is 24.6 Å². The fraction of sp³-hybridized carbons (Fsp3) is 0.727. The van der Waals surface area contributed by atoms with Crippen molar-refractivity contribution < 1.29 is 8.42 Å². The van der Waals surface area contributed by atoms with Crippen LogP contribution < -0.4 is 11.1 Å². The van der Waals surface area contributed by atoms with Crippen LogP contribution in [0.15, 0.2) is 4.90 Å². The highest BCUT2D eigenvalue weighted by Crippen LogP contribution is 2.36. The molecule has 1 aromatic rings. The van der Waals surface area contributed by atoms with Crippen LogP contribution in [0.3, 0.4) is 0 Å². The van der Waals surface area contributed by atoms with Crippen molar-refractivity contribution in [3.05, 3.63) is 0 Å². The fourth-order valence-corrected chi connectivity index (χ4v) is 4.95. The van der Waals surface area contributed by atoms with Gasteiger partial charge in [0.1, 0.15) is 9.90 Å². The topological polar surface area (TPSA) is 85.1 Å². The Labute approximate surface area is 112 Å². The zero-order valence-electron chi connectivity index (χ0n) is 10.6. The molecule has 1 aromatic heterocycles. The summed E-state index contributed by atoms with van der Waals surface area (Å²) in [4.78, 5) is 0.203. The molecule has 7 heteroatoms. The van der Waals surface area contributed by atoms with Crippen molar-refractivity contribution in [3.63, 3.8) is 0 Å². The van der Waals surface area contributed by atoms with Gasteiger partial charge in [-0.25, -0.2) is 8.42 Å². The number of nitrogens with two attached hydrogens (primary N) is 1. The Hall–Kier alpha value is -0.820. The van der Waals surface area contributed by atoms with Gasteiger partial charge in [-0.15, -0.1) is 0 Å². The number of anilines is 2. The van der Waals surface area contributed by atoms with Crippen LogP contribution in [0, 0.1) is 5.92 Å². The number of aromatic nitrogens is 1. The number of hydrogen-bond donors (Lipinski definition) is 2. The molecule has 0 atom stereocenters. The summed E-state index contributed by atoms with van der Waals surface area (Å²) in [5, 5.41) is 3.87. The van der Waals surface area contributed by atoms with Gasteiger partial charge in [0.05, 0.1) is 5.75 Å². The summed E-state index contributed by atoms with van der Waals surface area (Å²) in [5.41, 5.74) is 5.70. The van der Waals surface area contributed by atoms with Crippen molar-refractivity contribution in [2.24, 2.45) is 5.92 Å². The minimum Gasteiger partial charge on any atom is -0.382 e. The van der Waals surface area contributed by atoms with E-state index in [0.717, 1.165) is 24.4 Å². The maximum Gasteiger partial charge on any atom is 0.185 e. The SMILES string of the molecule is CCCS(=O)(=O)c1c(N)nsc1NC1CC(C)C1. The predicted molar refractivity (Wildman–Crippen MR) is 74.7 cm³/mol. The lowest BCUT2D eigenvalue weighted by Gasteiger charge is -2.33. The molecule has 18 heavy (non-hydrogen) atoms. The van der Waals surface area contributed by atoms with E-state index in [1.165, 1.54) is 0 Å². The molecule has 1 aliphatic rings. The average Bonchev–Trinajstić information content (AvgIpc) is 2.58. The molecule has 5 nitrogen and oxygen atoms in total. The largest absolute Gasteiger partial charge is 0.382 e. The summed E-state index contributed by atoms with van der Waals surface area (Å²) in [6.07, 6.45) is 2.73. The predicted octanol–water partition coefficient (Wildman–Crippen LogP) is 2.12. The van der Waals surface area contributed by atoms with Crippen LogP contribution in [0.2, 0.25) is 0 Å². The molecule has 0 radical (unpaired) electrons. The molecule has 0 aliphatic heterocycles. The fourth-order valence-electron chi connectivity index (χ4n) is 2.26. The Balaban J connectivity index is 2.22. The van der Waals surface area contributed by atoms with E-state index in [2.05, 4.69) is 16.6 Å². The van der Waals surface area contributed by atoms with Gasteiger partial charge in [0.2, 0.25) is 0 Å². The monoisotopic (exact) mass is 289 g/mol. The van der Waals surface area contributed by atoms with Gasteiger partial charge in [-0.05, 0) is 36.7 Å². The number of rotatable bonds is 5. The van der Waals surface area contributed by atoms with E-state index >= 15 is 0 Å². The molecule has 0 aromatic carbocycles. The summed E-state index contributed by atoms with van der Waals surface area (Å²) in [7, 11) is -3.31. The van der Waals surface area contributed by atoms with Gasteiger partial charge in [0.15, 0.2) is 15.7 Å². The van der Waals surface area contributed by atoms with Gasteiger partial charge in [0.25, 0.3) is 0 Å². The zero-order chi connectivity index (χ0) is 13.3. The normalized spacial score (nSPS) is 23.7. The Morgan fingerprint density at radius 3 is 2.72 bits per heavy atom. The second-order valence-electron chi connectivity index (χ2n) is 4.96. The van der Waals surface area contributed by atoms with Crippen molar-refractivity contribution in [1.29, 1.82) is 0 Å². The van der Waals surface area contributed by atoms with Crippen LogP contribution in [0.25, 0.3) is 0 Å². The summed E-state index contributed by atoms with van der Waals surface area (Å²) in [6, 6.07) is 0.357. The van der Waals surface area contributed by atoms with Crippen molar-refractivity contribution in [1.82, 2.24) is 4.37 Å². The van der Waals surface area contributed by atoms with Crippen molar-refractivity contribution in [2.75, 3.05) is 16.8 Å². The highest BCUT2D eigenvalue weighted by molar-refractivity contribution is 7.91. The number of nitrogen functional groups attached to an aromatic ring is 1. The second-order valence-corrected chi connectivity index (χ2v) is 7.78. The van der Waals surface area contributed by atoms with Gasteiger partial charge in [0, 0.05) is 6.04 Å². The summed E-state index contributed by atoms with van der Waals surface area (Å²) in [5.74, 6) is 0.956. The first-order valence-corrected chi connectivity index (χ1v) is 8.61. The molecule has 1 fully saturated rings. The van der Waals surface area contributed by atoms with Crippen LogP contribution in [0.1, 0.15) is 33.1 Å². The highest BCUT2D eigenvalue weighted by Gasteiger charge is 2.30. The maximum absolute atomic E-state index is 12.1. The molecular formula is C11H19N3O2S2. The second kappa shape index (κ2) is 5.05. The van der Waals surface area contributed by atoms with Gasteiger partial charge < -0.3 is 11.1 Å². The van der Waals surface area contributed by atoms with E-state index in [9.17, 15) is 8.42 Å². The Bertz CT molecular complexity index is 518. The molecule has 0 spiro atoms. The maximum atomic E-state index is 12.1. The number of sulfone groups is 1. The van der Waals surface area contributed by atoms with E-state index in [4.69, 9.17) is 5.73 Å². The lowest BCUT2D eigenvalue weighted by Crippen LogP contribution is -2.33. The van der Waals surface area contributed by atoms with E-state index in [0.29, 0.717) is 23.4 Å². The van der Waals surface area contributed by atoms with E-state index in [1.807, 2.05) is 6.92 Å². The first-order chi connectivity index (χ1) is 8.44. The Morgan fingerprint density at radius 2 is 2.17 bits per heavy atom. The van der Waals surface area contributed by atoms with Crippen LogP contribution >= 0.6 is 11.5 Å². The van der Waals surface area contributed by atoms with Crippen molar-refractivity contribution in [2.45, 2.75) is 44.0 Å². The smallest absolute Gasteiger partial charge is 0.185 e. The first-order valence-electron chi connectivity index (χ1n) is 6.18. The van der Waals surface area contributed by atoms with Crippen LogP contribution in [0.4, 0.5) is 10.8 Å². The number of nitrogens with zero attached hydrogens (tertiary/aromatic N) is 1. The average molecular weight is 289 g/mol. The third-order valence-corrected chi connectivity index (χ3v) is 6.07. The van der Waals surface area contributed by atoms with Crippen LogP contribution in [0.5, 0.6) is 0 Å². The molecule has 0 unspecified atom stereocenters. The third-order valence-electron chi connectivity index (χ3n) is 3.17. The molecule has 1 saturated carbocycles. The number of nitrogens with one attached hydrogen (secondary N) is 1. The van der Waals surface area contributed by atoms with Crippen molar-refractivity contribution >= 4 is 32.2 Å². The van der Waals surface area contributed by atoms with Crippen LogP contribution in [-0.2, 0) is 9.84 Å². The first kappa shape index (κ1) is 13.6. The van der Waals surface area contributed by atoms with E-state index < -0.39 is 9.84 Å². The Morgan fingerprint density at radius 1 is 1.50 bits per heavy atom. The molecule has 3 N–H and O–H groups in total. The molecule has 1 aliphatic carbocycles. The summed E-state index contributed by atoms with van der Waals surface area (Å²) in [6.45, 7) is 4.03. The standard InChI is InChI=1S/C11H19N3O2S2/c1-3-4-18(15,16)9-10(12)14-17-11(9)13-8-5-7(2)6-8/h7-8,13H,3-6H2,1-2H3,(H2,12,14). The van der Waals surface area contributed by atoms with E-state index in [1.54, 1.807) is 0 Å². The van der Waals surface area contributed by atoms with Gasteiger partial charge in [-0.1, -0.05) is 13.8 Å². The van der Waals surface area contributed by atoms with Gasteiger partial charge >= 0.3 is 0 Å². The Kier molecular flexibility index (Phi) is 3.82. The number of hydrogen-bond acceptors (Lipinski definition) is 6. The molecule has 102 valence electrons. The third kappa shape index (κ3) is 2.61. The zero-order valence-corrected chi connectivity index (χ0v) is 12.3. The molecule has 1 heterocycles. The lowest BCUT2D eigenvalue weighted by atomic mass is 9.82. The van der Waals surface area contributed by atoms with Crippen molar-refractivity contribution in [3.8, 4) is 0 Å². The molecule has 0 amide bonds. The van der Waals surface area contributed by atoms with Gasteiger partial charge in [-0.3, -0.25) is 0 Å². The molecular weight excluding hydrogens is 270 g/mol. The molecule has 2 rings (SSSR count). The summed E-state index contributed by atoms with van der Waals surface area (Å²) < 4.78 is 28.2. The molecule has 0 saturated heterocycles. The minimum atomic E-state index is -3.31. The quantitative estimate of drug-likeness (QED) is 0.867. The summed E-state index contributed by atoms with van der Waals surface area (Å²) >= 11 is 1.14. The lowest BCUT2D eigenvalue weighted by molar-refractivity contribution is 0.309.